The van der Waals surface area contributed by atoms with E-state index in [4.69, 9.17) is 0 Å². The molecule has 1 aliphatic carbocycles. The van der Waals surface area contributed by atoms with Crippen LogP contribution in [0, 0.1) is 11.8 Å². The molecule has 0 spiro atoms. The normalized spacial score (nSPS) is 26.1. The molecule has 0 heterocycles. The molecule has 1 saturated carbocycles. The molecule has 2 atom stereocenters. The van der Waals surface area contributed by atoms with Gasteiger partial charge in [0.2, 0.25) is 0 Å². The maximum Gasteiger partial charge on any atom is -0.00117 e. The molecule has 0 saturated heterocycles. The molecule has 2 rings (SSSR count). The fraction of sp³-hybridized carbons (Fsp3) is 0.684. The minimum absolute atomic E-state index is 0.251. The van der Waals surface area contributed by atoms with Gasteiger partial charge in [0.05, 0.1) is 0 Å². The van der Waals surface area contributed by atoms with Crippen LogP contribution in [0.2, 0.25) is 0 Å². The topological polar surface area (TPSA) is 12.0 Å². The van der Waals surface area contributed by atoms with Crippen LogP contribution in [0.3, 0.4) is 0 Å². The van der Waals surface area contributed by atoms with Gasteiger partial charge in [0.1, 0.15) is 0 Å². The zero-order valence-corrected chi connectivity index (χ0v) is 14.1. The fourth-order valence-electron chi connectivity index (χ4n) is 3.00. The van der Waals surface area contributed by atoms with E-state index in [1.54, 1.807) is 0 Å². The smallest absolute Gasteiger partial charge is 0.00117 e. The van der Waals surface area contributed by atoms with E-state index < -0.39 is 0 Å². The van der Waals surface area contributed by atoms with Gasteiger partial charge in [-0.25, -0.2) is 0 Å². The van der Waals surface area contributed by atoms with Crippen molar-refractivity contribution in [2.45, 2.75) is 58.8 Å². The van der Waals surface area contributed by atoms with Crippen molar-refractivity contribution < 1.29 is 0 Å². The van der Waals surface area contributed by atoms with Gasteiger partial charge in [0, 0.05) is 0 Å². The van der Waals surface area contributed by atoms with Gasteiger partial charge in [-0.1, -0.05) is 65.8 Å². The van der Waals surface area contributed by atoms with Crippen LogP contribution in [0.15, 0.2) is 24.3 Å². The van der Waals surface area contributed by atoms with E-state index in [0.717, 1.165) is 24.9 Å². The van der Waals surface area contributed by atoms with Crippen LogP contribution in [0.4, 0.5) is 0 Å². The first kappa shape index (κ1) is 15.6. The van der Waals surface area contributed by atoms with E-state index in [0.29, 0.717) is 5.41 Å². The van der Waals surface area contributed by atoms with E-state index >= 15 is 0 Å². The van der Waals surface area contributed by atoms with Gasteiger partial charge < -0.3 is 5.32 Å². The third kappa shape index (κ3) is 3.44. The summed E-state index contributed by atoms with van der Waals surface area (Å²) in [6.07, 6.45) is 1.33. The van der Waals surface area contributed by atoms with Crippen LogP contribution in [0.25, 0.3) is 0 Å². The summed E-state index contributed by atoms with van der Waals surface area (Å²) >= 11 is 0. The molecule has 112 valence electrons. The Kier molecular flexibility index (Phi) is 4.30. The van der Waals surface area contributed by atoms with E-state index in [-0.39, 0.29) is 5.41 Å². The lowest BCUT2D eigenvalue weighted by molar-refractivity contribution is 0.515. The summed E-state index contributed by atoms with van der Waals surface area (Å²) in [5.41, 5.74) is 3.60. The van der Waals surface area contributed by atoms with Crippen LogP contribution in [-0.2, 0) is 10.8 Å². The lowest BCUT2D eigenvalue weighted by Crippen LogP contribution is -2.24. The summed E-state index contributed by atoms with van der Waals surface area (Å²) in [5, 5.41) is 3.61. The van der Waals surface area contributed by atoms with Crippen LogP contribution >= 0.6 is 0 Å². The Balaban J connectivity index is 1.95. The summed E-state index contributed by atoms with van der Waals surface area (Å²) in [6, 6.07) is 9.33. The predicted octanol–water partition coefficient (Wildman–Crippen LogP) is 4.51. The van der Waals surface area contributed by atoms with E-state index in [1.807, 2.05) is 0 Å². The van der Waals surface area contributed by atoms with Crippen molar-refractivity contribution in [3.63, 3.8) is 0 Å². The number of rotatable bonds is 5. The molecule has 1 fully saturated rings. The van der Waals surface area contributed by atoms with Crippen molar-refractivity contribution >= 4 is 0 Å². The van der Waals surface area contributed by atoms with E-state index in [9.17, 15) is 0 Å². The first-order valence-corrected chi connectivity index (χ1v) is 8.05. The van der Waals surface area contributed by atoms with Crippen LogP contribution in [0.1, 0.15) is 59.1 Å². The lowest BCUT2D eigenvalue weighted by Gasteiger charge is -2.20. The third-order valence-electron chi connectivity index (χ3n) is 4.77. The van der Waals surface area contributed by atoms with Crippen molar-refractivity contribution in [1.82, 2.24) is 5.32 Å². The summed E-state index contributed by atoms with van der Waals surface area (Å²) in [5.74, 6) is 1.55. The minimum atomic E-state index is 0.251. The Morgan fingerprint density at radius 1 is 1.20 bits per heavy atom. The van der Waals surface area contributed by atoms with Crippen molar-refractivity contribution in [1.29, 1.82) is 0 Å². The van der Waals surface area contributed by atoms with E-state index in [2.05, 4.69) is 71.1 Å². The van der Waals surface area contributed by atoms with Crippen molar-refractivity contribution in [3.8, 4) is 0 Å². The maximum atomic E-state index is 3.61. The molecule has 1 N–H and O–H groups in total. The van der Waals surface area contributed by atoms with E-state index in [1.165, 1.54) is 17.5 Å². The molecule has 1 aromatic carbocycles. The Morgan fingerprint density at radius 3 is 2.30 bits per heavy atom. The average molecular weight is 273 g/mol. The molecule has 1 aliphatic rings. The Hall–Kier alpha value is -0.820. The molecule has 0 aliphatic heterocycles. The molecule has 1 nitrogen and oxygen atoms in total. The average Bonchev–Trinajstić information content (AvgIpc) is 3.00. The number of benzene rings is 1. The highest BCUT2D eigenvalue weighted by Gasteiger charge is 2.50. The second-order valence-electron chi connectivity index (χ2n) is 8.20. The third-order valence-corrected chi connectivity index (χ3v) is 4.77. The van der Waals surface area contributed by atoms with Gasteiger partial charge in [-0.3, -0.25) is 0 Å². The van der Waals surface area contributed by atoms with Crippen molar-refractivity contribution in [3.05, 3.63) is 35.4 Å². The monoisotopic (exact) mass is 273 g/mol. The summed E-state index contributed by atoms with van der Waals surface area (Å²) in [4.78, 5) is 0. The molecule has 0 amide bonds. The van der Waals surface area contributed by atoms with Gasteiger partial charge in [-0.05, 0) is 53.3 Å². The zero-order valence-electron chi connectivity index (χ0n) is 14.1. The highest BCUT2D eigenvalue weighted by Crippen LogP contribution is 2.53. The predicted molar refractivity (Wildman–Crippen MR) is 88.3 cm³/mol. The van der Waals surface area contributed by atoms with Gasteiger partial charge in [-0.15, -0.1) is 0 Å². The molecule has 2 unspecified atom stereocenters. The molecular formula is C19H31N. The quantitative estimate of drug-likeness (QED) is 0.832. The zero-order chi connectivity index (χ0) is 15.0. The second-order valence-corrected chi connectivity index (χ2v) is 8.20. The van der Waals surface area contributed by atoms with Crippen molar-refractivity contribution in [2.24, 2.45) is 11.8 Å². The molecule has 1 aromatic rings. The standard InChI is InChI=1S/C19H31N/c1-14(2)12-20-13-17-11-19(17,6)16-9-7-15(8-10-16)18(3,4)5/h7-10,14,17,20H,11-13H2,1-6H3. The Bertz CT molecular complexity index is 438. The molecular weight excluding hydrogens is 242 g/mol. The Morgan fingerprint density at radius 2 is 1.80 bits per heavy atom. The maximum absolute atomic E-state index is 3.61. The Labute approximate surface area is 125 Å². The molecule has 20 heavy (non-hydrogen) atoms. The largest absolute Gasteiger partial charge is 0.316 e. The summed E-state index contributed by atoms with van der Waals surface area (Å²) in [6.45, 7) is 16.1. The summed E-state index contributed by atoms with van der Waals surface area (Å²) < 4.78 is 0. The fourth-order valence-corrected chi connectivity index (χ4v) is 3.00. The second kappa shape index (κ2) is 5.52. The number of hydrogen-bond donors (Lipinski definition) is 1. The first-order valence-electron chi connectivity index (χ1n) is 8.05. The van der Waals surface area contributed by atoms with Crippen LogP contribution in [-0.4, -0.2) is 13.1 Å². The molecule has 0 aromatic heterocycles. The number of nitrogens with one attached hydrogen (secondary N) is 1. The summed E-state index contributed by atoms with van der Waals surface area (Å²) in [7, 11) is 0. The number of hydrogen-bond acceptors (Lipinski definition) is 1. The first-order chi connectivity index (χ1) is 9.23. The van der Waals surface area contributed by atoms with Crippen LogP contribution in [0.5, 0.6) is 0 Å². The minimum Gasteiger partial charge on any atom is -0.316 e. The highest BCUT2D eigenvalue weighted by molar-refractivity contribution is 5.36. The molecule has 1 heteroatoms. The SMILES string of the molecule is CC(C)CNCC1CC1(C)c1ccc(C(C)(C)C)cc1. The van der Waals surface area contributed by atoms with Gasteiger partial charge in [0.15, 0.2) is 0 Å². The highest BCUT2D eigenvalue weighted by atomic mass is 14.9. The van der Waals surface area contributed by atoms with Gasteiger partial charge in [0.25, 0.3) is 0 Å². The van der Waals surface area contributed by atoms with Gasteiger partial charge in [-0.2, -0.15) is 0 Å². The lowest BCUT2D eigenvalue weighted by atomic mass is 9.85. The molecule has 0 radical (unpaired) electrons. The van der Waals surface area contributed by atoms with Gasteiger partial charge >= 0.3 is 0 Å². The van der Waals surface area contributed by atoms with Crippen LogP contribution < -0.4 is 5.32 Å². The molecule has 0 bridgehead atoms. The van der Waals surface area contributed by atoms with Crippen molar-refractivity contribution in [2.75, 3.05) is 13.1 Å².